The van der Waals surface area contributed by atoms with Crippen molar-refractivity contribution >= 4 is 33.5 Å². The quantitative estimate of drug-likeness (QED) is 0.207. The summed E-state index contributed by atoms with van der Waals surface area (Å²) >= 11 is 0. The summed E-state index contributed by atoms with van der Waals surface area (Å²) in [6.45, 7) is 0. The Morgan fingerprint density at radius 1 is 1.00 bits per heavy atom. The molecule has 0 heterocycles. The maximum Gasteiger partial charge on any atom is 1.00 e. The van der Waals surface area contributed by atoms with Gasteiger partial charge in [-0.2, -0.15) is 0 Å². The predicted octanol–water partition coefficient (Wildman–Crippen LogP) is -6.80. The van der Waals surface area contributed by atoms with E-state index in [1.54, 1.807) is 0 Å². The third kappa shape index (κ3) is 11.3. The van der Waals surface area contributed by atoms with Gasteiger partial charge in [-0.25, -0.2) is 0 Å². The average Bonchev–Trinajstić information content (AvgIpc) is 2.11. The fourth-order valence-corrected chi connectivity index (χ4v) is 2.61. The van der Waals surface area contributed by atoms with E-state index in [0.29, 0.717) is 0 Å². The molecule has 0 aliphatic heterocycles. The number of carbonyl (C=O) groups is 2. The fraction of sp³-hybridized carbons (Fsp3) is 0.667. The number of carboxylic acids is 2. The minimum atomic E-state index is -1.07. The van der Waals surface area contributed by atoms with Gasteiger partial charge in [-0.3, -0.25) is 9.59 Å². The van der Waals surface area contributed by atoms with Gasteiger partial charge in [-0.15, -0.1) is 0 Å². The summed E-state index contributed by atoms with van der Waals surface area (Å²) < 4.78 is 0. The van der Waals surface area contributed by atoms with E-state index in [1.165, 1.54) is 21.6 Å². The van der Waals surface area contributed by atoms with E-state index in [0.717, 1.165) is 0 Å². The van der Waals surface area contributed by atoms with Crippen molar-refractivity contribution in [3.8, 4) is 0 Å². The first-order valence-corrected chi connectivity index (χ1v) is 6.15. The molecule has 6 N–H and O–H groups in total. The van der Waals surface area contributed by atoms with E-state index in [1.807, 2.05) is 0 Å². The molecule has 2 atom stereocenters. The van der Waals surface area contributed by atoms with Crippen molar-refractivity contribution in [3.05, 3.63) is 0 Å². The molecule has 0 aromatic heterocycles. The second kappa shape index (κ2) is 12.3. The molecule has 10 heteroatoms. The molecule has 0 aromatic carbocycles. The molecule has 0 amide bonds. The van der Waals surface area contributed by atoms with Crippen molar-refractivity contribution in [3.63, 3.8) is 0 Å². The molecule has 6 nitrogen and oxygen atoms in total. The predicted molar refractivity (Wildman–Crippen MR) is 56.1 cm³/mol. The van der Waals surface area contributed by atoms with E-state index < -0.39 is 24.0 Å². The number of aliphatic carboxylic acids is 2. The molecule has 0 bridgehead atoms. The summed E-state index contributed by atoms with van der Waals surface area (Å²) in [5.74, 6) is -1.68. The van der Waals surface area contributed by atoms with Crippen LogP contribution in [-0.2, 0) is 9.59 Å². The Hall–Kier alpha value is 0.850. The molecule has 0 rings (SSSR count). The van der Waals surface area contributed by atoms with E-state index in [-0.39, 0.29) is 53.5 Å². The monoisotopic (exact) mass is 298 g/mol. The van der Waals surface area contributed by atoms with Crippen LogP contribution in [-0.4, -0.2) is 45.7 Å². The van der Waals surface area contributed by atoms with E-state index in [4.69, 9.17) is 21.7 Å². The first kappa shape index (κ1) is 22.1. The molecule has 16 heavy (non-hydrogen) atoms. The van der Waals surface area contributed by atoms with E-state index in [9.17, 15) is 9.59 Å². The molecule has 0 aliphatic carbocycles. The van der Waals surface area contributed by atoms with Crippen LogP contribution in [0.25, 0.3) is 0 Å². The Labute approximate surface area is 129 Å². The van der Waals surface area contributed by atoms with Crippen molar-refractivity contribution in [1.29, 1.82) is 0 Å². The summed E-state index contributed by atoms with van der Waals surface area (Å²) in [5.41, 5.74) is 10.4. The third-order valence-electron chi connectivity index (χ3n) is 1.21. The van der Waals surface area contributed by atoms with E-state index in [2.05, 4.69) is 0 Å². The summed E-state index contributed by atoms with van der Waals surface area (Å²) in [6, 6.07) is -1.85. The number of hydrogen-bond acceptors (Lipinski definition) is 6. The van der Waals surface area contributed by atoms with Gasteiger partial charge in [0.25, 0.3) is 0 Å². The van der Waals surface area contributed by atoms with Gasteiger partial charge in [0, 0.05) is 11.5 Å². The number of nitrogens with two attached hydrogens (primary N) is 2. The number of carboxylic acid groups (broad SMARTS) is 2. The zero-order valence-electron chi connectivity index (χ0n) is 8.63. The molecule has 0 saturated carbocycles. The summed E-state index contributed by atoms with van der Waals surface area (Å²) in [5, 5.41) is 16.8. The Balaban J connectivity index is -0.000000845. The Morgan fingerprint density at radius 3 is 1.44 bits per heavy atom. The number of rotatable bonds is 7. The van der Waals surface area contributed by atoms with Gasteiger partial charge >= 0.3 is 41.5 Å². The first-order chi connectivity index (χ1) is 6.45. The zero-order valence-corrected chi connectivity index (χ0v) is 13.0. The standard InChI is InChI=1S/C6H12N2O4S2.ClH.Na/c7-3(5(9)10)1-13-14-2-4(8)6(11)12;;/h3-4H,1-2,7-8H2,(H,9,10)(H,11,12);1H;/q;;+1/p-1/t3-,4-;;/m0../s1. The van der Waals surface area contributed by atoms with Gasteiger partial charge in [-0.05, 0) is 0 Å². The van der Waals surface area contributed by atoms with Crippen molar-refractivity contribution < 1.29 is 61.8 Å². The first-order valence-electron chi connectivity index (χ1n) is 3.66. The van der Waals surface area contributed by atoms with Gasteiger partial charge in [-0.1, -0.05) is 21.6 Å². The smallest absolute Gasteiger partial charge is 1.00 e. The Bertz CT molecular complexity index is 203. The largest absolute Gasteiger partial charge is 1.00 e. The number of hydrogen-bond donors (Lipinski definition) is 4. The van der Waals surface area contributed by atoms with Crippen LogP contribution in [0.15, 0.2) is 0 Å². The Morgan fingerprint density at radius 2 is 1.25 bits per heavy atom. The molecule has 0 aliphatic rings. The van der Waals surface area contributed by atoms with Gasteiger partial charge in [0.15, 0.2) is 0 Å². The normalized spacial score (nSPS) is 12.9. The van der Waals surface area contributed by atoms with Crippen LogP contribution in [0.4, 0.5) is 0 Å². The summed E-state index contributed by atoms with van der Waals surface area (Å²) in [7, 11) is 2.41. The zero-order chi connectivity index (χ0) is 11.1. The molecule has 0 saturated heterocycles. The van der Waals surface area contributed by atoms with Gasteiger partial charge < -0.3 is 34.1 Å². The maximum atomic E-state index is 10.3. The van der Waals surface area contributed by atoms with E-state index >= 15 is 0 Å². The van der Waals surface area contributed by atoms with Crippen LogP contribution in [0.2, 0.25) is 0 Å². The van der Waals surface area contributed by atoms with Crippen LogP contribution in [0, 0.1) is 0 Å². The van der Waals surface area contributed by atoms with Crippen molar-refractivity contribution in [2.24, 2.45) is 11.5 Å². The number of halogens is 1. The summed E-state index contributed by atoms with van der Waals surface area (Å²) in [4.78, 5) is 20.5. The molecule has 0 radical (unpaired) electrons. The van der Waals surface area contributed by atoms with Crippen molar-refractivity contribution in [2.75, 3.05) is 11.5 Å². The van der Waals surface area contributed by atoms with Crippen LogP contribution in [0.5, 0.6) is 0 Å². The third-order valence-corrected chi connectivity index (χ3v) is 3.69. The van der Waals surface area contributed by atoms with Crippen molar-refractivity contribution in [2.45, 2.75) is 12.1 Å². The van der Waals surface area contributed by atoms with Crippen LogP contribution >= 0.6 is 21.6 Å². The topological polar surface area (TPSA) is 127 Å². The second-order valence-corrected chi connectivity index (χ2v) is 5.01. The summed E-state index contributed by atoms with van der Waals surface area (Å²) in [6.07, 6.45) is 0. The minimum absolute atomic E-state index is 0. The van der Waals surface area contributed by atoms with Crippen LogP contribution in [0.1, 0.15) is 0 Å². The van der Waals surface area contributed by atoms with Gasteiger partial charge in [0.2, 0.25) is 0 Å². The van der Waals surface area contributed by atoms with Crippen molar-refractivity contribution in [1.82, 2.24) is 0 Å². The van der Waals surface area contributed by atoms with Crippen LogP contribution in [0.3, 0.4) is 0 Å². The molecular formula is C6H12ClN2NaO4S2. The van der Waals surface area contributed by atoms with Crippen LogP contribution < -0.4 is 53.4 Å². The minimum Gasteiger partial charge on any atom is -1.00 e. The molecule has 0 aromatic rings. The fourth-order valence-electron chi connectivity index (χ4n) is 0.385. The molecular weight excluding hydrogens is 287 g/mol. The maximum absolute atomic E-state index is 10.3. The molecule has 0 unspecified atom stereocenters. The molecule has 0 fully saturated rings. The second-order valence-electron chi connectivity index (χ2n) is 2.46. The molecule has 90 valence electrons. The SMILES string of the molecule is N[C@@H](CSSC[C@H](N)C(=O)O)C(=O)O.[Cl-].[Na+]. The molecule has 0 spiro atoms. The average molecular weight is 299 g/mol. The Kier molecular flexibility index (Phi) is 17.0. The van der Waals surface area contributed by atoms with Gasteiger partial charge in [0.05, 0.1) is 0 Å². The van der Waals surface area contributed by atoms with Gasteiger partial charge in [0.1, 0.15) is 12.1 Å².